The number of fused-ring (bicyclic) bond motifs is 1. The number of carbonyl (C=O) groups excluding carboxylic acids is 2. The first-order chi connectivity index (χ1) is 18.9. The predicted molar refractivity (Wildman–Crippen MR) is 156 cm³/mol. The molecule has 5 aromatic rings. The average Bonchev–Trinajstić information content (AvgIpc) is 3.33. The third-order valence-electron chi connectivity index (χ3n) is 5.78. The van der Waals surface area contributed by atoms with E-state index in [2.05, 4.69) is 15.6 Å². The Hall–Kier alpha value is -4.54. The zero-order chi connectivity index (χ0) is 27.4. The minimum atomic E-state index is -0.581. The maximum Gasteiger partial charge on any atom is 0.270 e. The van der Waals surface area contributed by atoms with E-state index in [0.29, 0.717) is 10.8 Å². The summed E-state index contributed by atoms with van der Waals surface area (Å²) in [6.45, 7) is 2.01. The van der Waals surface area contributed by atoms with Crippen LogP contribution in [0, 0.1) is 17.0 Å². The number of benzene rings is 4. The normalized spacial score (nSPS) is 11.6. The van der Waals surface area contributed by atoms with Gasteiger partial charge in [-0.15, -0.1) is 11.8 Å². The van der Waals surface area contributed by atoms with Crippen LogP contribution < -0.4 is 10.6 Å². The zero-order valence-electron chi connectivity index (χ0n) is 20.7. The fraction of sp³-hybridized carbons (Fsp3) is 0.0690. The number of thiazole rings is 1. The molecule has 4 aromatic carbocycles. The lowest BCUT2D eigenvalue weighted by Crippen LogP contribution is -2.19. The highest BCUT2D eigenvalue weighted by molar-refractivity contribution is 8.00. The van der Waals surface area contributed by atoms with Crippen molar-refractivity contribution in [3.8, 4) is 0 Å². The molecule has 0 aliphatic rings. The number of hydrogen-bond acceptors (Lipinski definition) is 7. The second-order valence-electron chi connectivity index (χ2n) is 8.68. The van der Waals surface area contributed by atoms with E-state index in [9.17, 15) is 19.7 Å². The molecule has 39 heavy (non-hydrogen) atoms. The summed E-state index contributed by atoms with van der Waals surface area (Å²) in [5.74, 6) is -0.683. The van der Waals surface area contributed by atoms with Gasteiger partial charge in [0.25, 0.3) is 11.6 Å². The Balaban J connectivity index is 1.36. The van der Waals surface area contributed by atoms with Gasteiger partial charge in [-0.05, 0) is 54.4 Å². The number of hydrogen-bond donors (Lipinski definition) is 2. The summed E-state index contributed by atoms with van der Waals surface area (Å²) in [4.78, 5) is 42.1. The number of nitro groups is 1. The molecule has 1 unspecified atom stereocenters. The van der Waals surface area contributed by atoms with Crippen LogP contribution in [-0.2, 0) is 4.79 Å². The number of nitrogens with one attached hydrogen (secondary N) is 2. The molecule has 5 rings (SSSR count). The molecule has 8 nitrogen and oxygen atoms in total. The van der Waals surface area contributed by atoms with E-state index in [4.69, 9.17) is 0 Å². The van der Waals surface area contributed by atoms with E-state index in [0.717, 1.165) is 26.2 Å². The molecule has 0 aliphatic heterocycles. The summed E-state index contributed by atoms with van der Waals surface area (Å²) < 4.78 is 1.00. The number of aromatic nitrogens is 1. The van der Waals surface area contributed by atoms with Crippen LogP contribution in [0.2, 0.25) is 0 Å². The van der Waals surface area contributed by atoms with Crippen molar-refractivity contribution in [2.24, 2.45) is 0 Å². The summed E-state index contributed by atoms with van der Waals surface area (Å²) in [7, 11) is 0. The smallest absolute Gasteiger partial charge is 0.270 e. The Bertz CT molecular complexity index is 1690. The van der Waals surface area contributed by atoms with Gasteiger partial charge in [0.1, 0.15) is 5.25 Å². The van der Waals surface area contributed by atoms with Gasteiger partial charge in [0.05, 0.1) is 15.1 Å². The van der Waals surface area contributed by atoms with Gasteiger partial charge >= 0.3 is 0 Å². The average molecular weight is 555 g/mol. The van der Waals surface area contributed by atoms with Crippen LogP contribution in [0.3, 0.4) is 0 Å². The summed E-state index contributed by atoms with van der Waals surface area (Å²) in [5.41, 5.74) is 3.30. The molecule has 2 amide bonds. The lowest BCUT2D eigenvalue weighted by atomic mass is 10.1. The van der Waals surface area contributed by atoms with Crippen molar-refractivity contribution in [3.05, 3.63) is 124 Å². The van der Waals surface area contributed by atoms with Crippen molar-refractivity contribution in [2.75, 3.05) is 10.6 Å². The van der Waals surface area contributed by atoms with E-state index in [1.165, 1.54) is 47.4 Å². The first-order valence-electron chi connectivity index (χ1n) is 11.9. The van der Waals surface area contributed by atoms with Gasteiger partial charge in [-0.25, -0.2) is 4.98 Å². The highest BCUT2D eigenvalue weighted by atomic mass is 32.2. The standard InChI is InChI=1S/C29H22N4O4S2/c1-18-13-14-24-25(15-18)39-29(31-24)32-28(35)26(19-7-3-2-4-8-19)38-23-12-6-10-21(17-23)30-27(34)20-9-5-11-22(16-20)33(36)37/h2-17,26H,1H3,(H,30,34)(H,31,32,35). The van der Waals surface area contributed by atoms with E-state index in [1.807, 2.05) is 61.5 Å². The SMILES string of the molecule is Cc1ccc2nc(NC(=O)C(Sc3cccc(NC(=O)c4cccc([N+](=O)[O-])c4)c3)c3ccccc3)sc2c1. The Kier molecular flexibility index (Phi) is 7.67. The quantitative estimate of drug-likeness (QED) is 0.119. The van der Waals surface area contributed by atoms with Gasteiger partial charge in [-0.2, -0.15) is 0 Å². The fourth-order valence-electron chi connectivity index (χ4n) is 3.90. The molecule has 0 radical (unpaired) electrons. The molecular weight excluding hydrogens is 532 g/mol. The highest BCUT2D eigenvalue weighted by Gasteiger charge is 2.23. The number of nitro benzene ring substituents is 1. The molecule has 0 bridgehead atoms. The number of non-ortho nitro benzene ring substituents is 1. The number of aryl methyl sites for hydroxylation is 1. The lowest BCUT2D eigenvalue weighted by molar-refractivity contribution is -0.384. The number of carbonyl (C=O) groups is 2. The fourth-order valence-corrected chi connectivity index (χ4v) is 5.95. The zero-order valence-corrected chi connectivity index (χ0v) is 22.3. The van der Waals surface area contributed by atoms with Crippen LogP contribution in [0.25, 0.3) is 10.2 Å². The minimum Gasteiger partial charge on any atom is -0.322 e. The lowest BCUT2D eigenvalue weighted by Gasteiger charge is -2.17. The van der Waals surface area contributed by atoms with Crippen molar-refractivity contribution >= 4 is 61.6 Å². The minimum absolute atomic E-state index is 0.160. The number of amides is 2. The van der Waals surface area contributed by atoms with Gasteiger partial charge in [0, 0.05) is 28.3 Å². The second-order valence-corrected chi connectivity index (χ2v) is 10.9. The molecule has 1 atom stereocenters. The van der Waals surface area contributed by atoms with Crippen LogP contribution >= 0.6 is 23.1 Å². The Morgan fingerprint density at radius 3 is 2.51 bits per heavy atom. The molecule has 0 spiro atoms. The topological polar surface area (TPSA) is 114 Å². The number of thioether (sulfide) groups is 1. The molecule has 1 heterocycles. The predicted octanol–water partition coefficient (Wildman–Crippen LogP) is 7.24. The molecular formula is C29H22N4O4S2. The van der Waals surface area contributed by atoms with Crippen molar-refractivity contribution in [1.29, 1.82) is 0 Å². The van der Waals surface area contributed by atoms with Crippen molar-refractivity contribution in [1.82, 2.24) is 4.98 Å². The maximum absolute atomic E-state index is 13.5. The Labute approximate surface area is 232 Å². The molecule has 10 heteroatoms. The molecule has 1 aromatic heterocycles. The molecule has 194 valence electrons. The van der Waals surface area contributed by atoms with Crippen molar-refractivity contribution < 1.29 is 14.5 Å². The summed E-state index contributed by atoms with van der Waals surface area (Å²) >= 11 is 2.77. The molecule has 0 fully saturated rings. The summed E-state index contributed by atoms with van der Waals surface area (Å²) in [5, 5.41) is 16.8. The van der Waals surface area contributed by atoms with Crippen LogP contribution in [0.4, 0.5) is 16.5 Å². The molecule has 0 saturated carbocycles. The van der Waals surface area contributed by atoms with Gasteiger partial charge in [0.15, 0.2) is 5.13 Å². The van der Waals surface area contributed by atoms with Crippen molar-refractivity contribution in [3.63, 3.8) is 0 Å². The Morgan fingerprint density at radius 2 is 1.72 bits per heavy atom. The van der Waals surface area contributed by atoms with Gasteiger partial charge in [-0.3, -0.25) is 19.7 Å². The van der Waals surface area contributed by atoms with Crippen LogP contribution in [-0.4, -0.2) is 21.7 Å². The third kappa shape index (κ3) is 6.31. The van der Waals surface area contributed by atoms with E-state index in [-0.39, 0.29) is 17.2 Å². The molecule has 0 aliphatic carbocycles. The maximum atomic E-state index is 13.5. The molecule has 2 N–H and O–H groups in total. The number of nitrogens with zero attached hydrogens (tertiary/aromatic N) is 2. The van der Waals surface area contributed by atoms with E-state index >= 15 is 0 Å². The van der Waals surface area contributed by atoms with Crippen LogP contribution in [0.1, 0.15) is 26.7 Å². The Morgan fingerprint density at radius 1 is 0.923 bits per heavy atom. The first-order valence-corrected chi connectivity index (χ1v) is 13.6. The second kappa shape index (κ2) is 11.5. The van der Waals surface area contributed by atoms with E-state index in [1.54, 1.807) is 18.2 Å². The highest BCUT2D eigenvalue weighted by Crippen LogP contribution is 2.38. The van der Waals surface area contributed by atoms with Gasteiger partial charge in [-0.1, -0.05) is 59.9 Å². The summed E-state index contributed by atoms with van der Waals surface area (Å²) in [6, 6.07) is 28.1. The third-order valence-corrected chi connectivity index (χ3v) is 7.96. The van der Waals surface area contributed by atoms with Gasteiger partial charge < -0.3 is 10.6 Å². The number of rotatable bonds is 8. The monoisotopic (exact) mass is 554 g/mol. The first kappa shape index (κ1) is 26.1. The molecule has 0 saturated heterocycles. The number of anilines is 2. The summed E-state index contributed by atoms with van der Waals surface area (Å²) in [6.07, 6.45) is 0. The van der Waals surface area contributed by atoms with Crippen molar-refractivity contribution in [2.45, 2.75) is 17.1 Å². The largest absolute Gasteiger partial charge is 0.322 e. The van der Waals surface area contributed by atoms with E-state index < -0.39 is 16.1 Å². The van der Waals surface area contributed by atoms with Crippen LogP contribution in [0.15, 0.2) is 102 Å². The van der Waals surface area contributed by atoms with Crippen LogP contribution in [0.5, 0.6) is 0 Å². The van der Waals surface area contributed by atoms with Gasteiger partial charge in [0.2, 0.25) is 5.91 Å².